The van der Waals surface area contributed by atoms with Gasteiger partial charge in [-0.2, -0.15) is 0 Å². The average Bonchev–Trinajstić information content (AvgIpc) is 3.29. The predicted molar refractivity (Wildman–Crippen MR) is 126 cm³/mol. The number of halogens is 1. The Morgan fingerprint density at radius 3 is 2.55 bits per heavy atom. The Kier molecular flexibility index (Phi) is 5.62. The molecular formula is C22H26ClN7S. The van der Waals surface area contributed by atoms with E-state index in [0.29, 0.717) is 10.7 Å². The summed E-state index contributed by atoms with van der Waals surface area (Å²) in [7, 11) is 0. The Labute approximate surface area is 191 Å². The third-order valence-electron chi connectivity index (χ3n) is 6.05. The minimum absolute atomic E-state index is 0.0860. The van der Waals surface area contributed by atoms with Gasteiger partial charge in [0.15, 0.2) is 5.65 Å². The van der Waals surface area contributed by atoms with E-state index in [-0.39, 0.29) is 5.54 Å². The molecule has 2 N–H and O–H groups in total. The van der Waals surface area contributed by atoms with Crippen LogP contribution in [0.15, 0.2) is 40.5 Å². The summed E-state index contributed by atoms with van der Waals surface area (Å²) in [6, 6.07) is 5.90. The molecule has 0 saturated carbocycles. The van der Waals surface area contributed by atoms with Crippen LogP contribution in [0, 0.1) is 0 Å². The van der Waals surface area contributed by atoms with Gasteiger partial charge in [-0.05, 0) is 50.8 Å². The Bertz CT molecular complexity index is 1090. The van der Waals surface area contributed by atoms with Crippen LogP contribution in [0.25, 0.3) is 11.2 Å². The normalized spacial score (nSPS) is 18.7. The van der Waals surface area contributed by atoms with Gasteiger partial charge >= 0.3 is 0 Å². The maximum atomic E-state index is 6.69. The maximum Gasteiger partial charge on any atom is 0.179 e. The Morgan fingerprint density at radius 2 is 1.77 bits per heavy atom. The van der Waals surface area contributed by atoms with Crippen molar-refractivity contribution in [2.24, 2.45) is 5.73 Å². The van der Waals surface area contributed by atoms with Gasteiger partial charge in [-0.15, -0.1) is 0 Å². The molecule has 31 heavy (non-hydrogen) atoms. The van der Waals surface area contributed by atoms with Crippen molar-refractivity contribution >= 4 is 46.2 Å². The van der Waals surface area contributed by atoms with E-state index < -0.39 is 0 Å². The highest BCUT2D eigenvalue weighted by molar-refractivity contribution is 7.99. The molecule has 2 saturated heterocycles. The molecule has 0 unspecified atom stereocenters. The topological polar surface area (TPSA) is 84.1 Å². The lowest BCUT2D eigenvalue weighted by molar-refractivity contribution is 0.363. The van der Waals surface area contributed by atoms with Crippen LogP contribution in [0.1, 0.15) is 32.6 Å². The molecule has 9 heteroatoms. The second-order valence-electron chi connectivity index (χ2n) is 8.60. The molecule has 7 nitrogen and oxygen atoms in total. The van der Waals surface area contributed by atoms with Gasteiger partial charge in [0.05, 0.1) is 11.2 Å². The van der Waals surface area contributed by atoms with E-state index >= 15 is 0 Å². The molecule has 0 radical (unpaired) electrons. The van der Waals surface area contributed by atoms with Crippen LogP contribution in [-0.4, -0.2) is 51.7 Å². The molecule has 2 fully saturated rings. The number of piperidine rings is 1. The Hall–Kier alpha value is -2.16. The minimum Gasteiger partial charge on any atom is -0.355 e. The van der Waals surface area contributed by atoms with E-state index in [1.807, 2.05) is 30.6 Å². The molecule has 3 aromatic rings. The highest BCUT2D eigenvalue weighted by atomic mass is 35.5. The summed E-state index contributed by atoms with van der Waals surface area (Å²) in [6.45, 7) is 5.93. The fourth-order valence-corrected chi connectivity index (χ4v) is 5.24. The van der Waals surface area contributed by atoms with Crippen LogP contribution < -0.4 is 15.5 Å². The van der Waals surface area contributed by atoms with E-state index in [2.05, 4.69) is 26.7 Å². The number of fused-ring (bicyclic) bond motifs is 1. The van der Waals surface area contributed by atoms with Gasteiger partial charge < -0.3 is 15.5 Å². The SMILES string of the molecule is CC1(N)CCN(c2cnc3nc(Sc4ccnc(N5CCCC5)c4Cl)ccc3n2)CC1. The monoisotopic (exact) mass is 455 g/mol. The minimum atomic E-state index is -0.0860. The molecule has 2 aliphatic rings. The lowest BCUT2D eigenvalue weighted by Crippen LogP contribution is -2.48. The molecule has 0 aromatic carbocycles. The van der Waals surface area contributed by atoms with E-state index in [9.17, 15) is 0 Å². The number of nitrogens with zero attached hydrogens (tertiary/aromatic N) is 6. The molecular weight excluding hydrogens is 430 g/mol. The van der Waals surface area contributed by atoms with Crippen molar-refractivity contribution in [2.75, 3.05) is 36.0 Å². The average molecular weight is 456 g/mol. The second kappa shape index (κ2) is 8.41. The summed E-state index contributed by atoms with van der Waals surface area (Å²) in [5.41, 5.74) is 7.60. The van der Waals surface area contributed by atoms with Crippen LogP contribution in [-0.2, 0) is 0 Å². The molecule has 0 amide bonds. The predicted octanol–water partition coefficient (Wildman–Crippen LogP) is 4.14. The van der Waals surface area contributed by atoms with E-state index in [0.717, 1.165) is 66.1 Å². The number of hydrogen-bond acceptors (Lipinski definition) is 8. The number of hydrogen-bond donors (Lipinski definition) is 1. The summed E-state index contributed by atoms with van der Waals surface area (Å²) < 4.78 is 0. The van der Waals surface area contributed by atoms with Gasteiger partial charge in [-0.3, -0.25) is 0 Å². The largest absolute Gasteiger partial charge is 0.355 e. The fourth-order valence-electron chi connectivity index (χ4n) is 4.09. The zero-order chi connectivity index (χ0) is 21.4. The molecule has 0 spiro atoms. The van der Waals surface area contributed by atoms with Gasteiger partial charge in [0.1, 0.15) is 22.2 Å². The summed E-state index contributed by atoms with van der Waals surface area (Å²) >= 11 is 8.22. The van der Waals surface area contributed by atoms with Crippen molar-refractivity contribution in [3.8, 4) is 0 Å². The van der Waals surface area contributed by atoms with Crippen LogP contribution in [0.5, 0.6) is 0 Å². The molecule has 5 rings (SSSR count). The third kappa shape index (κ3) is 4.42. The van der Waals surface area contributed by atoms with Crippen molar-refractivity contribution in [3.05, 3.63) is 35.6 Å². The van der Waals surface area contributed by atoms with Crippen LogP contribution >= 0.6 is 23.4 Å². The number of anilines is 2. The standard InChI is InChI=1S/C22H26ClN7S/c1-22(24)7-12-29(13-8-22)17-14-26-20-15(27-17)4-5-18(28-20)31-16-6-9-25-21(19(16)23)30-10-2-3-11-30/h4-6,9,14H,2-3,7-8,10-13,24H2,1H3. The lowest BCUT2D eigenvalue weighted by atomic mass is 9.91. The first-order chi connectivity index (χ1) is 15.0. The van der Waals surface area contributed by atoms with Crippen LogP contribution in [0.4, 0.5) is 11.6 Å². The highest BCUT2D eigenvalue weighted by Gasteiger charge is 2.26. The van der Waals surface area contributed by atoms with Gasteiger partial charge in [0.25, 0.3) is 0 Å². The van der Waals surface area contributed by atoms with Crippen LogP contribution in [0.3, 0.4) is 0 Å². The summed E-state index contributed by atoms with van der Waals surface area (Å²) in [6.07, 6.45) is 7.91. The summed E-state index contributed by atoms with van der Waals surface area (Å²) in [4.78, 5) is 24.0. The molecule has 0 atom stereocenters. The molecule has 162 valence electrons. The van der Waals surface area contributed by atoms with Crippen molar-refractivity contribution < 1.29 is 0 Å². The van der Waals surface area contributed by atoms with E-state index in [4.69, 9.17) is 27.3 Å². The molecule has 0 aliphatic carbocycles. The lowest BCUT2D eigenvalue weighted by Gasteiger charge is -2.37. The fraction of sp³-hybridized carbons (Fsp3) is 0.455. The Balaban J connectivity index is 1.35. The quantitative estimate of drug-likeness (QED) is 0.628. The van der Waals surface area contributed by atoms with Crippen LogP contribution in [0.2, 0.25) is 5.02 Å². The number of nitrogens with two attached hydrogens (primary N) is 1. The zero-order valence-electron chi connectivity index (χ0n) is 17.6. The molecule has 2 aliphatic heterocycles. The number of rotatable bonds is 4. The number of aromatic nitrogens is 4. The second-order valence-corrected chi connectivity index (χ2v) is 10.0. The van der Waals surface area contributed by atoms with Gasteiger partial charge in [0.2, 0.25) is 0 Å². The summed E-state index contributed by atoms with van der Waals surface area (Å²) in [5, 5.41) is 1.53. The van der Waals surface area contributed by atoms with Gasteiger partial charge in [-0.1, -0.05) is 23.4 Å². The van der Waals surface area contributed by atoms with E-state index in [1.165, 1.54) is 24.6 Å². The maximum absolute atomic E-state index is 6.69. The van der Waals surface area contributed by atoms with Gasteiger partial charge in [-0.25, -0.2) is 19.9 Å². The number of pyridine rings is 2. The molecule has 0 bridgehead atoms. The third-order valence-corrected chi connectivity index (χ3v) is 7.53. The Morgan fingerprint density at radius 1 is 1.00 bits per heavy atom. The molecule has 3 aromatic heterocycles. The van der Waals surface area contributed by atoms with E-state index in [1.54, 1.807) is 0 Å². The highest BCUT2D eigenvalue weighted by Crippen LogP contribution is 2.38. The molecule has 5 heterocycles. The first kappa shape index (κ1) is 20.7. The van der Waals surface area contributed by atoms with Crippen molar-refractivity contribution in [3.63, 3.8) is 0 Å². The zero-order valence-corrected chi connectivity index (χ0v) is 19.2. The van der Waals surface area contributed by atoms with Crippen molar-refractivity contribution in [1.29, 1.82) is 0 Å². The van der Waals surface area contributed by atoms with Crippen molar-refractivity contribution in [1.82, 2.24) is 19.9 Å². The first-order valence-corrected chi connectivity index (χ1v) is 11.9. The van der Waals surface area contributed by atoms with Gasteiger partial charge in [0, 0.05) is 42.8 Å². The summed E-state index contributed by atoms with van der Waals surface area (Å²) in [5.74, 6) is 1.75. The smallest absolute Gasteiger partial charge is 0.179 e. The first-order valence-electron chi connectivity index (χ1n) is 10.7. The van der Waals surface area contributed by atoms with Crippen molar-refractivity contribution in [2.45, 2.75) is 48.1 Å².